The minimum absolute atomic E-state index is 0.0977. The molecule has 3 heterocycles. The predicted octanol–water partition coefficient (Wildman–Crippen LogP) is 1.40. The number of aliphatic carboxylic acids is 1. The Labute approximate surface area is 155 Å². The van der Waals surface area contributed by atoms with Crippen LogP contribution in [-0.2, 0) is 16.1 Å². The van der Waals surface area contributed by atoms with Crippen LogP contribution in [0.15, 0.2) is 24.7 Å². The largest absolute Gasteiger partial charge is 0.480 e. The zero-order valence-electron chi connectivity index (χ0n) is 15.0. The molecule has 2 N–H and O–H groups in total. The Balaban J connectivity index is 1.78. The Morgan fingerprint density at radius 3 is 2.93 bits per heavy atom. The second kappa shape index (κ2) is 7.03. The van der Waals surface area contributed by atoms with E-state index in [-0.39, 0.29) is 24.3 Å². The standard InChI is InChI=1S/C17H19N7O3/c1-11(2)17(10-18)4-6-24(15(17)27)13-3-5-19-16(22-13)21-12-7-20-23(8-12)9-14(25)26/h3,5,7-8,11H,4,6,9H2,1-2H3,(H,25,26)(H,19,21,22)/t17-/m1/s1. The quantitative estimate of drug-likeness (QED) is 0.779. The molecule has 1 fully saturated rings. The van der Waals surface area contributed by atoms with Crippen LogP contribution in [0.25, 0.3) is 0 Å². The number of rotatable bonds is 6. The summed E-state index contributed by atoms with van der Waals surface area (Å²) in [5.41, 5.74) is -0.508. The minimum Gasteiger partial charge on any atom is -0.480 e. The van der Waals surface area contributed by atoms with E-state index in [4.69, 9.17) is 5.11 Å². The van der Waals surface area contributed by atoms with Crippen molar-refractivity contribution in [1.82, 2.24) is 19.7 Å². The summed E-state index contributed by atoms with van der Waals surface area (Å²) in [6.07, 6.45) is 4.94. The number of nitrogens with zero attached hydrogens (tertiary/aromatic N) is 6. The first-order valence-corrected chi connectivity index (χ1v) is 8.43. The Kier molecular flexibility index (Phi) is 4.77. The summed E-state index contributed by atoms with van der Waals surface area (Å²) >= 11 is 0. The molecule has 140 valence electrons. The molecule has 2 aromatic rings. The highest BCUT2D eigenvalue weighted by molar-refractivity contribution is 6.01. The third-order valence-corrected chi connectivity index (χ3v) is 4.65. The third kappa shape index (κ3) is 3.44. The molecule has 1 saturated heterocycles. The van der Waals surface area contributed by atoms with Gasteiger partial charge in [0.15, 0.2) is 0 Å². The normalized spacial score (nSPS) is 19.3. The van der Waals surface area contributed by atoms with Crippen molar-refractivity contribution in [2.75, 3.05) is 16.8 Å². The molecule has 0 spiro atoms. The Bertz CT molecular complexity index is 917. The van der Waals surface area contributed by atoms with E-state index in [9.17, 15) is 14.9 Å². The van der Waals surface area contributed by atoms with Gasteiger partial charge in [-0.2, -0.15) is 15.3 Å². The van der Waals surface area contributed by atoms with E-state index in [2.05, 4.69) is 26.5 Å². The Morgan fingerprint density at radius 1 is 1.52 bits per heavy atom. The molecule has 1 amide bonds. The molecule has 0 saturated carbocycles. The molecule has 0 radical (unpaired) electrons. The fraction of sp³-hybridized carbons (Fsp3) is 0.412. The molecule has 0 aliphatic carbocycles. The number of amides is 1. The average molecular weight is 369 g/mol. The first-order chi connectivity index (χ1) is 12.9. The first kappa shape index (κ1) is 18.3. The monoisotopic (exact) mass is 369 g/mol. The topological polar surface area (TPSA) is 137 Å². The van der Waals surface area contributed by atoms with E-state index in [0.717, 1.165) is 0 Å². The second-order valence-corrected chi connectivity index (χ2v) is 6.63. The van der Waals surface area contributed by atoms with Crippen molar-refractivity contribution in [1.29, 1.82) is 5.26 Å². The molecule has 1 aliphatic heterocycles. The van der Waals surface area contributed by atoms with Gasteiger partial charge in [-0.1, -0.05) is 13.8 Å². The number of nitriles is 1. The Hall–Kier alpha value is -3.48. The van der Waals surface area contributed by atoms with Crippen LogP contribution in [-0.4, -0.2) is 43.3 Å². The van der Waals surface area contributed by atoms with E-state index in [1.54, 1.807) is 6.07 Å². The van der Waals surface area contributed by atoms with Crippen LogP contribution in [0.4, 0.5) is 17.5 Å². The van der Waals surface area contributed by atoms with E-state index in [0.29, 0.717) is 24.5 Å². The van der Waals surface area contributed by atoms with E-state index in [1.165, 1.54) is 28.2 Å². The molecule has 2 aromatic heterocycles. The van der Waals surface area contributed by atoms with Crippen molar-refractivity contribution in [2.24, 2.45) is 11.3 Å². The predicted molar refractivity (Wildman–Crippen MR) is 95.0 cm³/mol. The molecule has 0 bridgehead atoms. The van der Waals surface area contributed by atoms with Crippen LogP contribution in [0, 0.1) is 22.7 Å². The molecular weight excluding hydrogens is 350 g/mol. The van der Waals surface area contributed by atoms with Crippen molar-refractivity contribution in [3.05, 3.63) is 24.7 Å². The maximum absolute atomic E-state index is 12.8. The molecule has 1 atom stereocenters. The van der Waals surface area contributed by atoms with Gasteiger partial charge in [-0.05, 0) is 18.4 Å². The van der Waals surface area contributed by atoms with Gasteiger partial charge in [0.25, 0.3) is 0 Å². The highest BCUT2D eigenvalue weighted by Crippen LogP contribution is 2.40. The summed E-state index contributed by atoms with van der Waals surface area (Å²) in [5.74, 6) is -0.692. The van der Waals surface area contributed by atoms with Gasteiger partial charge in [0, 0.05) is 18.9 Å². The number of hydrogen-bond acceptors (Lipinski definition) is 7. The van der Waals surface area contributed by atoms with Gasteiger partial charge in [0.05, 0.1) is 18.0 Å². The number of hydrogen-bond donors (Lipinski definition) is 2. The minimum atomic E-state index is -1.03. The zero-order valence-corrected chi connectivity index (χ0v) is 15.0. The number of aromatic nitrogens is 4. The maximum atomic E-state index is 12.8. The van der Waals surface area contributed by atoms with E-state index in [1.807, 2.05) is 13.8 Å². The number of carbonyl (C=O) groups excluding carboxylic acids is 1. The number of carboxylic acids is 1. The summed E-state index contributed by atoms with van der Waals surface area (Å²) in [7, 11) is 0. The van der Waals surface area contributed by atoms with Crippen molar-refractivity contribution in [2.45, 2.75) is 26.8 Å². The SMILES string of the molecule is CC(C)[C@]1(C#N)CCN(c2ccnc(Nc3cnn(CC(=O)O)c3)n2)C1=O. The van der Waals surface area contributed by atoms with Gasteiger partial charge in [-0.25, -0.2) is 4.98 Å². The van der Waals surface area contributed by atoms with Crippen LogP contribution in [0.3, 0.4) is 0 Å². The summed E-state index contributed by atoms with van der Waals surface area (Å²) in [6, 6.07) is 3.81. The Morgan fingerprint density at radius 2 is 2.30 bits per heavy atom. The van der Waals surface area contributed by atoms with Crippen molar-refractivity contribution >= 4 is 29.3 Å². The molecule has 0 unspecified atom stereocenters. The number of nitrogens with one attached hydrogen (secondary N) is 1. The summed E-state index contributed by atoms with van der Waals surface area (Å²) in [5, 5.41) is 25.2. The lowest BCUT2D eigenvalue weighted by molar-refractivity contribution is -0.137. The summed E-state index contributed by atoms with van der Waals surface area (Å²) in [6.45, 7) is 3.90. The number of anilines is 3. The van der Waals surface area contributed by atoms with E-state index < -0.39 is 11.4 Å². The van der Waals surface area contributed by atoms with Crippen molar-refractivity contribution in [3.8, 4) is 6.07 Å². The smallest absolute Gasteiger partial charge is 0.325 e. The highest BCUT2D eigenvalue weighted by Gasteiger charge is 2.50. The van der Waals surface area contributed by atoms with Gasteiger partial charge < -0.3 is 10.4 Å². The zero-order chi connectivity index (χ0) is 19.6. The molecule has 10 heteroatoms. The van der Waals surface area contributed by atoms with Crippen LogP contribution < -0.4 is 10.2 Å². The third-order valence-electron chi connectivity index (χ3n) is 4.65. The lowest BCUT2D eigenvalue weighted by Gasteiger charge is -2.24. The molecule has 1 aliphatic rings. The second-order valence-electron chi connectivity index (χ2n) is 6.63. The lowest BCUT2D eigenvalue weighted by Crippen LogP contribution is -2.37. The fourth-order valence-electron chi connectivity index (χ4n) is 3.07. The van der Waals surface area contributed by atoms with Crippen molar-refractivity contribution in [3.63, 3.8) is 0 Å². The summed E-state index contributed by atoms with van der Waals surface area (Å²) < 4.78 is 1.27. The van der Waals surface area contributed by atoms with Gasteiger partial charge in [0.1, 0.15) is 17.8 Å². The van der Waals surface area contributed by atoms with Crippen molar-refractivity contribution < 1.29 is 14.7 Å². The number of carbonyl (C=O) groups is 2. The van der Waals surface area contributed by atoms with Gasteiger partial charge in [-0.15, -0.1) is 0 Å². The average Bonchev–Trinajstić information content (AvgIpc) is 3.19. The maximum Gasteiger partial charge on any atom is 0.325 e. The molecule has 0 aromatic carbocycles. The first-order valence-electron chi connectivity index (χ1n) is 8.43. The lowest BCUT2D eigenvalue weighted by atomic mass is 9.77. The van der Waals surface area contributed by atoms with Crippen LogP contribution in [0.5, 0.6) is 0 Å². The van der Waals surface area contributed by atoms with E-state index >= 15 is 0 Å². The molecular formula is C17H19N7O3. The number of carboxylic acid groups (broad SMARTS) is 1. The molecule has 10 nitrogen and oxygen atoms in total. The molecule has 27 heavy (non-hydrogen) atoms. The summed E-state index contributed by atoms with van der Waals surface area (Å²) in [4.78, 5) is 33.5. The highest BCUT2D eigenvalue weighted by atomic mass is 16.4. The van der Waals surface area contributed by atoms with Crippen LogP contribution in [0.2, 0.25) is 0 Å². The van der Waals surface area contributed by atoms with Crippen LogP contribution in [0.1, 0.15) is 20.3 Å². The fourth-order valence-corrected chi connectivity index (χ4v) is 3.07. The van der Waals surface area contributed by atoms with Gasteiger partial charge >= 0.3 is 5.97 Å². The van der Waals surface area contributed by atoms with Gasteiger partial charge in [0.2, 0.25) is 11.9 Å². The van der Waals surface area contributed by atoms with Crippen LogP contribution >= 0.6 is 0 Å². The molecule has 3 rings (SSSR count). The van der Waals surface area contributed by atoms with Gasteiger partial charge in [-0.3, -0.25) is 19.2 Å².